The quantitative estimate of drug-likeness (QED) is 0.525. The minimum atomic E-state index is -0.485. The summed E-state index contributed by atoms with van der Waals surface area (Å²) >= 11 is 5.95. The summed E-state index contributed by atoms with van der Waals surface area (Å²) < 4.78 is 0. The Morgan fingerprint density at radius 2 is 1.86 bits per heavy atom. The molecule has 2 aromatic carbocycles. The summed E-state index contributed by atoms with van der Waals surface area (Å²) in [7, 11) is 0. The van der Waals surface area contributed by atoms with Crippen molar-refractivity contribution < 1.29 is 9.59 Å². The van der Waals surface area contributed by atoms with Crippen LogP contribution < -0.4 is 5.32 Å². The second-order valence-electron chi connectivity index (χ2n) is 4.70. The van der Waals surface area contributed by atoms with Crippen LogP contribution in [0.2, 0.25) is 5.02 Å². The van der Waals surface area contributed by atoms with E-state index in [2.05, 4.69) is 5.32 Å². The molecular formula is C17H9ClN2O2. The van der Waals surface area contributed by atoms with Gasteiger partial charge in [0.25, 0.3) is 5.91 Å². The van der Waals surface area contributed by atoms with Gasteiger partial charge in [-0.1, -0.05) is 41.9 Å². The van der Waals surface area contributed by atoms with Gasteiger partial charge in [-0.3, -0.25) is 9.59 Å². The molecule has 4 nitrogen and oxygen atoms in total. The SMILES string of the molecule is N#C/C(C(=O)c1ccccc1)=C1/C(=O)Nc2ccc(Cl)cc21. The van der Waals surface area contributed by atoms with Crippen LogP contribution in [-0.4, -0.2) is 11.7 Å². The number of hydrogen-bond donors (Lipinski definition) is 1. The minimum Gasteiger partial charge on any atom is -0.321 e. The second kappa shape index (κ2) is 5.47. The summed E-state index contributed by atoms with van der Waals surface area (Å²) in [4.78, 5) is 24.7. The second-order valence-corrected chi connectivity index (χ2v) is 5.14. The maximum absolute atomic E-state index is 12.5. The standard InChI is InChI=1S/C17H9ClN2O2/c18-11-6-7-14-12(8-11)15(17(22)20-14)13(9-19)16(21)10-4-2-1-3-5-10/h1-8H,(H,20,22)/b15-13-. The minimum absolute atomic E-state index is 0.0638. The summed E-state index contributed by atoms with van der Waals surface area (Å²) in [5, 5.41) is 12.5. The van der Waals surface area contributed by atoms with Crippen LogP contribution in [0.1, 0.15) is 15.9 Å². The third-order valence-corrected chi connectivity index (χ3v) is 3.59. The van der Waals surface area contributed by atoms with Gasteiger partial charge in [0, 0.05) is 21.8 Å². The molecule has 0 radical (unpaired) electrons. The summed E-state index contributed by atoms with van der Waals surface area (Å²) in [5.74, 6) is -0.959. The number of benzene rings is 2. The summed E-state index contributed by atoms with van der Waals surface area (Å²) in [6.45, 7) is 0. The van der Waals surface area contributed by atoms with E-state index in [1.807, 2.05) is 6.07 Å². The zero-order valence-corrected chi connectivity index (χ0v) is 12.0. The van der Waals surface area contributed by atoms with E-state index in [0.29, 0.717) is 21.8 Å². The molecule has 2 aromatic rings. The smallest absolute Gasteiger partial charge is 0.257 e. The number of carbonyl (C=O) groups is 2. The van der Waals surface area contributed by atoms with Crippen LogP contribution in [-0.2, 0) is 4.79 Å². The van der Waals surface area contributed by atoms with Gasteiger partial charge in [0.05, 0.1) is 5.57 Å². The van der Waals surface area contributed by atoms with Crippen molar-refractivity contribution in [3.63, 3.8) is 0 Å². The van der Waals surface area contributed by atoms with Gasteiger partial charge in [0.2, 0.25) is 5.78 Å². The molecule has 0 unspecified atom stereocenters. The van der Waals surface area contributed by atoms with Crippen molar-refractivity contribution in [2.75, 3.05) is 5.32 Å². The van der Waals surface area contributed by atoms with E-state index in [-0.39, 0.29) is 11.1 Å². The fourth-order valence-corrected chi connectivity index (χ4v) is 2.51. The molecule has 0 bridgehead atoms. The molecule has 0 fully saturated rings. The fourth-order valence-electron chi connectivity index (χ4n) is 2.34. The zero-order valence-electron chi connectivity index (χ0n) is 11.3. The van der Waals surface area contributed by atoms with Gasteiger partial charge < -0.3 is 5.32 Å². The molecule has 0 saturated carbocycles. The first-order chi connectivity index (χ1) is 10.6. The molecule has 1 amide bonds. The van der Waals surface area contributed by atoms with Crippen molar-refractivity contribution in [3.8, 4) is 6.07 Å². The van der Waals surface area contributed by atoms with Crippen LogP contribution in [0.4, 0.5) is 5.69 Å². The highest BCUT2D eigenvalue weighted by Gasteiger charge is 2.30. The Morgan fingerprint density at radius 1 is 1.14 bits per heavy atom. The van der Waals surface area contributed by atoms with Crippen molar-refractivity contribution >= 4 is 34.6 Å². The van der Waals surface area contributed by atoms with Gasteiger partial charge in [-0.25, -0.2) is 0 Å². The van der Waals surface area contributed by atoms with E-state index in [1.54, 1.807) is 48.5 Å². The number of fused-ring (bicyclic) bond motifs is 1. The van der Waals surface area contributed by atoms with Gasteiger partial charge in [0.15, 0.2) is 0 Å². The Hall–Kier alpha value is -2.90. The largest absolute Gasteiger partial charge is 0.321 e. The van der Waals surface area contributed by atoms with E-state index in [4.69, 9.17) is 11.6 Å². The van der Waals surface area contributed by atoms with Crippen molar-refractivity contribution in [3.05, 3.63) is 70.3 Å². The number of nitriles is 1. The molecule has 0 atom stereocenters. The van der Waals surface area contributed by atoms with Crippen LogP contribution in [0.5, 0.6) is 0 Å². The Kier molecular flexibility index (Phi) is 3.50. The molecule has 22 heavy (non-hydrogen) atoms. The zero-order chi connectivity index (χ0) is 15.7. The molecule has 1 N–H and O–H groups in total. The summed E-state index contributed by atoms with van der Waals surface area (Å²) in [5.41, 5.74) is 1.24. The molecule has 0 aliphatic carbocycles. The molecule has 0 spiro atoms. The van der Waals surface area contributed by atoms with Gasteiger partial charge in [0.1, 0.15) is 11.6 Å². The number of ketones is 1. The van der Waals surface area contributed by atoms with Crippen molar-refractivity contribution in [1.82, 2.24) is 0 Å². The van der Waals surface area contributed by atoms with Crippen LogP contribution in [0, 0.1) is 11.3 Å². The van der Waals surface area contributed by atoms with Crippen LogP contribution >= 0.6 is 11.6 Å². The molecule has 1 aliphatic rings. The molecule has 1 aliphatic heterocycles. The first kappa shape index (κ1) is 14.1. The van der Waals surface area contributed by atoms with Crippen LogP contribution in [0.25, 0.3) is 5.57 Å². The fraction of sp³-hybridized carbons (Fsp3) is 0. The Balaban J connectivity index is 2.20. The van der Waals surface area contributed by atoms with Gasteiger partial charge in [-0.05, 0) is 18.2 Å². The van der Waals surface area contributed by atoms with Crippen molar-refractivity contribution in [1.29, 1.82) is 5.26 Å². The lowest BCUT2D eigenvalue weighted by Gasteiger charge is -2.03. The highest BCUT2D eigenvalue weighted by atomic mass is 35.5. The number of allylic oxidation sites excluding steroid dienone is 1. The van der Waals surface area contributed by atoms with Gasteiger partial charge in [-0.2, -0.15) is 5.26 Å². The Morgan fingerprint density at radius 3 is 2.55 bits per heavy atom. The number of nitrogens with one attached hydrogen (secondary N) is 1. The number of rotatable bonds is 2. The lowest BCUT2D eigenvalue weighted by atomic mass is 9.95. The van der Waals surface area contributed by atoms with E-state index < -0.39 is 11.7 Å². The number of halogens is 1. The normalized spacial score (nSPS) is 14.8. The van der Waals surface area contributed by atoms with E-state index in [1.165, 1.54) is 0 Å². The number of Topliss-reactive ketones (excluding diaryl/α,β-unsaturated/α-hetero) is 1. The molecule has 0 aromatic heterocycles. The number of carbonyl (C=O) groups excluding carboxylic acids is 2. The first-order valence-electron chi connectivity index (χ1n) is 6.47. The number of anilines is 1. The summed E-state index contributed by atoms with van der Waals surface area (Å²) in [6.07, 6.45) is 0. The average molecular weight is 309 g/mol. The molecule has 1 heterocycles. The molecule has 3 rings (SSSR count). The summed E-state index contributed by atoms with van der Waals surface area (Å²) in [6, 6.07) is 15.1. The third-order valence-electron chi connectivity index (χ3n) is 3.35. The Bertz CT molecular complexity index is 864. The monoisotopic (exact) mass is 308 g/mol. The average Bonchev–Trinajstić information content (AvgIpc) is 2.85. The van der Waals surface area contributed by atoms with Gasteiger partial charge in [-0.15, -0.1) is 0 Å². The predicted octanol–water partition coefficient (Wildman–Crippen LogP) is 3.45. The van der Waals surface area contributed by atoms with Crippen molar-refractivity contribution in [2.24, 2.45) is 0 Å². The number of hydrogen-bond acceptors (Lipinski definition) is 3. The van der Waals surface area contributed by atoms with E-state index in [9.17, 15) is 14.9 Å². The van der Waals surface area contributed by atoms with E-state index >= 15 is 0 Å². The highest BCUT2D eigenvalue weighted by Crippen LogP contribution is 2.36. The molecule has 0 saturated heterocycles. The van der Waals surface area contributed by atoms with Gasteiger partial charge >= 0.3 is 0 Å². The highest BCUT2D eigenvalue weighted by molar-refractivity contribution is 6.38. The first-order valence-corrected chi connectivity index (χ1v) is 6.85. The van der Waals surface area contributed by atoms with Crippen LogP contribution in [0.15, 0.2) is 54.1 Å². The van der Waals surface area contributed by atoms with Crippen molar-refractivity contribution in [2.45, 2.75) is 0 Å². The molecule has 106 valence electrons. The molecular weight excluding hydrogens is 300 g/mol. The lowest BCUT2D eigenvalue weighted by molar-refractivity contribution is -0.110. The lowest BCUT2D eigenvalue weighted by Crippen LogP contribution is -2.11. The Labute approximate surface area is 131 Å². The predicted molar refractivity (Wildman–Crippen MR) is 83.4 cm³/mol. The number of amides is 1. The van der Waals surface area contributed by atoms with E-state index in [0.717, 1.165) is 0 Å². The number of nitrogens with zero attached hydrogens (tertiary/aromatic N) is 1. The third kappa shape index (κ3) is 2.28. The molecule has 5 heteroatoms. The maximum Gasteiger partial charge on any atom is 0.257 e. The van der Waals surface area contributed by atoms with Crippen LogP contribution in [0.3, 0.4) is 0 Å². The maximum atomic E-state index is 12.5. The topological polar surface area (TPSA) is 70.0 Å².